The van der Waals surface area contributed by atoms with Crippen LogP contribution in [0.15, 0.2) is 73.0 Å². The Kier molecular flexibility index (Phi) is 14.6. The van der Waals surface area contributed by atoms with Crippen LogP contribution in [-0.2, 0) is 30.2 Å². The molecule has 11 heteroatoms. The van der Waals surface area contributed by atoms with Crippen LogP contribution in [0.1, 0.15) is 43.7 Å². The van der Waals surface area contributed by atoms with E-state index in [1.807, 2.05) is 25.2 Å². The number of amides is 1. The molecule has 43 heavy (non-hydrogen) atoms. The maximum absolute atomic E-state index is 13.5. The summed E-state index contributed by atoms with van der Waals surface area (Å²) in [6.07, 6.45) is 8.49. The van der Waals surface area contributed by atoms with Gasteiger partial charge in [0.15, 0.2) is 17.2 Å². The van der Waals surface area contributed by atoms with Crippen LogP contribution in [0.25, 0.3) is 0 Å². The van der Waals surface area contributed by atoms with E-state index in [1.165, 1.54) is 45.4 Å². The molecule has 0 radical (unpaired) electrons. The fourth-order valence-electron chi connectivity index (χ4n) is 3.90. The number of nitrogens with one attached hydrogen (secondary N) is 1. The molecule has 10 nitrogen and oxygen atoms in total. The molecule has 0 saturated carbocycles. The monoisotopic (exact) mass is 598 g/mol. The van der Waals surface area contributed by atoms with Gasteiger partial charge in [-0.2, -0.15) is 0 Å². The quantitative estimate of drug-likeness (QED) is 0.156. The van der Waals surface area contributed by atoms with Crippen LogP contribution in [0.2, 0.25) is 0 Å². The normalized spacial score (nSPS) is 13.5. The predicted octanol–water partition coefficient (Wildman–Crippen LogP) is 4.74. The molecular formula is C32H39FN2O8. The number of rotatable bonds is 17. The van der Waals surface area contributed by atoms with Gasteiger partial charge >= 0.3 is 11.9 Å². The predicted molar refractivity (Wildman–Crippen MR) is 158 cm³/mol. The summed E-state index contributed by atoms with van der Waals surface area (Å²) in [6.45, 7) is 10.1. The number of hydrogen-bond donors (Lipinski definition) is 1. The van der Waals surface area contributed by atoms with Gasteiger partial charge in [-0.3, -0.25) is 9.59 Å². The molecule has 1 N–H and O–H groups in total. The van der Waals surface area contributed by atoms with Crippen LogP contribution < -0.4 is 14.8 Å². The molecule has 0 aliphatic rings. The lowest BCUT2D eigenvalue weighted by Gasteiger charge is -2.26. The smallest absolute Gasteiger partial charge is 0.328 e. The summed E-state index contributed by atoms with van der Waals surface area (Å²) in [6, 6.07) is 6.49. The number of hydrogen-bond acceptors (Lipinski definition) is 9. The summed E-state index contributed by atoms with van der Waals surface area (Å²) in [5.41, 5.74) is 1.59. The van der Waals surface area contributed by atoms with Crippen molar-refractivity contribution in [3.63, 3.8) is 0 Å². The first-order chi connectivity index (χ1) is 20.6. The number of benzene rings is 1. The second kappa shape index (κ2) is 18.1. The number of carbonyl (C=O) groups excluding carboxylic acids is 3. The minimum absolute atomic E-state index is 0.0583. The number of pyridine rings is 1. The highest BCUT2D eigenvalue weighted by Crippen LogP contribution is 2.29. The Morgan fingerprint density at radius 2 is 1.86 bits per heavy atom. The van der Waals surface area contributed by atoms with Crippen molar-refractivity contribution in [2.24, 2.45) is 5.92 Å². The standard InChI is InChI=1S/C32H39FN2O8/c1-7-9-25(10-8-2)18-40-19-26(17-24-11-13-27(33)14-12-24)22(4)43-32(38)21(3)35-31(37)29-30(42-20-41-23(5)36)28(39-6)15-16-34-29/h7-16,21-22,26H,1,17-20H2,2-6H3,(H,35,37)/b10-8-,25-9+/t21-,22-,26+/m0/s1. The summed E-state index contributed by atoms with van der Waals surface area (Å²) in [4.78, 5) is 41.2. The average Bonchev–Trinajstić information content (AvgIpc) is 2.97. The van der Waals surface area contributed by atoms with E-state index in [9.17, 15) is 18.8 Å². The third-order valence-electron chi connectivity index (χ3n) is 6.16. The number of methoxy groups -OCH3 is 1. The van der Waals surface area contributed by atoms with Gasteiger partial charge < -0.3 is 29.0 Å². The molecule has 1 aromatic heterocycles. The number of allylic oxidation sites excluding steroid dienone is 3. The maximum Gasteiger partial charge on any atom is 0.328 e. The van der Waals surface area contributed by atoms with Crippen LogP contribution in [0, 0.1) is 11.7 Å². The van der Waals surface area contributed by atoms with Gasteiger partial charge in [-0.1, -0.05) is 43.0 Å². The number of esters is 2. The Labute approximate surface area is 251 Å². The first kappa shape index (κ1) is 34.7. The number of nitrogens with zero attached hydrogens (tertiary/aromatic N) is 1. The molecule has 232 valence electrons. The third-order valence-corrected chi connectivity index (χ3v) is 6.16. The molecule has 2 aromatic rings. The second-order valence-corrected chi connectivity index (χ2v) is 9.51. The number of aromatic nitrogens is 1. The molecule has 0 bridgehead atoms. The zero-order valence-corrected chi connectivity index (χ0v) is 25.1. The van der Waals surface area contributed by atoms with Crippen LogP contribution in [0.3, 0.4) is 0 Å². The van der Waals surface area contributed by atoms with E-state index >= 15 is 0 Å². The molecule has 1 aromatic carbocycles. The van der Waals surface area contributed by atoms with Gasteiger partial charge in [0.05, 0.1) is 20.3 Å². The van der Waals surface area contributed by atoms with Gasteiger partial charge in [-0.05, 0) is 50.5 Å². The summed E-state index contributed by atoms with van der Waals surface area (Å²) in [7, 11) is 1.38. The lowest BCUT2D eigenvalue weighted by Crippen LogP contribution is -2.42. The van der Waals surface area contributed by atoms with E-state index in [1.54, 1.807) is 25.1 Å². The van der Waals surface area contributed by atoms with E-state index in [-0.39, 0.29) is 35.5 Å². The van der Waals surface area contributed by atoms with E-state index in [2.05, 4.69) is 16.9 Å². The van der Waals surface area contributed by atoms with Crippen molar-refractivity contribution in [2.45, 2.75) is 46.3 Å². The highest BCUT2D eigenvalue weighted by Gasteiger charge is 2.28. The van der Waals surface area contributed by atoms with Gasteiger partial charge in [0, 0.05) is 25.1 Å². The zero-order valence-electron chi connectivity index (χ0n) is 25.1. The Bertz CT molecular complexity index is 1290. The molecule has 2 rings (SSSR count). The van der Waals surface area contributed by atoms with Crippen LogP contribution in [0.5, 0.6) is 11.5 Å². The fraction of sp³-hybridized carbons (Fsp3) is 0.375. The van der Waals surface area contributed by atoms with Crippen LogP contribution >= 0.6 is 0 Å². The Balaban J connectivity index is 2.12. The summed E-state index contributed by atoms with van der Waals surface area (Å²) < 4.78 is 40.6. The topological polar surface area (TPSA) is 122 Å². The van der Waals surface area contributed by atoms with E-state index in [0.717, 1.165) is 11.1 Å². The highest BCUT2D eigenvalue weighted by molar-refractivity contribution is 5.98. The molecule has 0 aliphatic carbocycles. The molecule has 0 spiro atoms. The third kappa shape index (κ3) is 11.7. The van der Waals surface area contributed by atoms with E-state index in [0.29, 0.717) is 13.0 Å². The summed E-state index contributed by atoms with van der Waals surface area (Å²) in [5, 5.41) is 2.56. The van der Waals surface area contributed by atoms with E-state index in [4.69, 9.17) is 23.7 Å². The van der Waals surface area contributed by atoms with E-state index < -0.39 is 36.8 Å². The maximum atomic E-state index is 13.5. The Hall–Kier alpha value is -4.51. The first-order valence-electron chi connectivity index (χ1n) is 13.7. The first-order valence-corrected chi connectivity index (χ1v) is 13.7. The summed E-state index contributed by atoms with van der Waals surface area (Å²) in [5.74, 6) is -2.50. The molecule has 0 saturated heterocycles. The highest BCUT2D eigenvalue weighted by atomic mass is 19.1. The van der Waals surface area contributed by atoms with Crippen molar-refractivity contribution >= 4 is 17.8 Å². The lowest BCUT2D eigenvalue weighted by atomic mass is 9.95. The number of ether oxygens (including phenoxy) is 5. The molecule has 3 atom stereocenters. The second-order valence-electron chi connectivity index (χ2n) is 9.51. The molecule has 0 aliphatic heterocycles. The van der Waals surface area contributed by atoms with Gasteiger partial charge in [-0.25, -0.2) is 14.2 Å². The van der Waals surface area contributed by atoms with Crippen molar-refractivity contribution < 1.29 is 42.5 Å². The average molecular weight is 599 g/mol. The van der Waals surface area contributed by atoms with Crippen molar-refractivity contribution in [1.29, 1.82) is 0 Å². The zero-order chi connectivity index (χ0) is 31.8. The lowest BCUT2D eigenvalue weighted by molar-refractivity contribution is -0.154. The molecule has 0 unspecified atom stereocenters. The van der Waals surface area contributed by atoms with Crippen LogP contribution in [-0.4, -0.2) is 62.1 Å². The van der Waals surface area contributed by atoms with Gasteiger partial charge in [0.25, 0.3) is 5.91 Å². The van der Waals surface area contributed by atoms with Crippen molar-refractivity contribution in [3.8, 4) is 11.5 Å². The number of carbonyl (C=O) groups is 3. The van der Waals surface area contributed by atoms with Crippen molar-refractivity contribution in [2.75, 3.05) is 27.1 Å². The van der Waals surface area contributed by atoms with Gasteiger partial charge in [-0.15, -0.1) is 0 Å². The van der Waals surface area contributed by atoms with Gasteiger partial charge in [0.1, 0.15) is 18.0 Å². The SMILES string of the molecule is C=C/C=C(\C=C/C)COC[C@@H](Cc1ccc(F)cc1)[C@H](C)OC(=O)[C@H](C)NC(=O)c1nccc(OC)c1OCOC(C)=O. The van der Waals surface area contributed by atoms with Gasteiger partial charge in [0.2, 0.25) is 6.79 Å². The molecule has 1 amide bonds. The summed E-state index contributed by atoms with van der Waals surface area (Å²) >= 11 is 0. The van der Waals surface area contributed by atoms with Crippen molar-refractivity contribution in [3.05, 3.63) is 90.1 Å². The van der Waals surface area contributed by atoms with Crippen molar-refractivity contribution in [1.82, 2.24) is 10.3 Å². The molecular weight excluding hydrogens is 559 g/mol. The molecule has 0 fully saturated rings. The largest absolute Gasteiger partial charge is 0.493 e. The Morgan fingerprint density at radius 1 is 1.14 bits per heavy atom. The Morgan fingerprint density at radius 3 is 2.49 bits per heavy atom. The molecule has 1 heterocycles. The minimum atomic E-state index is -1.06. The minimum Gasteiger partial charge on any atom is -0.493 e. The number of halogens is 1. The van der Waals surface area contributed by atoms with Crippen LogP contribution in [0.4, 0.5) is 4.39 Å². The fourth-order valence-corrected chi connectivity index (χ4v) is 3.90.